The quantitative estimate of drug-likeness (QED) is 0.804. The van der Waals surface area contributed by atoms with Crippen LogP contribution in [0.2, 0.25) is 0 Å². The van der Waals surface area contributed by atoms with E-state index < -0.39 is 0 Å². The summed E-state index contributed by atoms with van der Waals surface area (Å²) in [6.45, 7) is 1.84. The summed E-state index contributed by atoms with van der Waals surface area (Å²) in [6.07, 6.45) is 0.631. The number of benzene rings is 2. The molecule has 0 bridgehead atoms. The molecule has 1 heterocycles. The Labute approximate surface area is 123 Å². The second-order valence-corrected chi connectivity index (χ2v) is 5.21. The molecule has 1 aliphatic heterocycles. The molecule has 21 heavy (non-hydrogen) atoms. The molecule has 0 atom stereocenters. The Morgan fingerprint density at radius 2 is 1.86 bits per heavy atom. The number of amides is 1. The molecule has 3 rings (SSSR count). The van der Waals surface area contributed by atoms with Crippen molar-refractivity contribution < 1.29 is 9.90 Å². The van der Waals surface area contributed by atoms with E-state index in [4.69, 9.17) is 5.11 Å². The van der Waals surface area contributed by atoms with Gasteiger partial charge in [0.05, 0.1) is 0 Å². The van der Waals surface area contributed by atoms with Crippen molar-refractivity contribution in [3.8, 4) is 0 Å². The van der Waals surface area contributed by atoms with Gasteiger partial charge in [-0.1, -0.05) is 18.2 Å². The average molecular weight is 282 g/mol. The Hall–Kier alpha value is -2.17. The van der Waals surface area contributed by atoms with Gasteiger partial charge in [0.15, 0.2) is 0 Å². The van der Waals surface area contributed by atoms with E-state index in [9.17, 15) is 4.79 Å². The predicted octanol–water partition coefficient (Wildman–Crippen LogP) is 2.08. The number of anilines is 1. The maximum Gasteiger partial charge on any atom is 0.255 e. The van der Waals surface area contributed by atoms with Gasteiger partial charge in [0.1, 0.15) is 0 Å². The minimum atomic E-state index is -0.0976. The highest BCUT2D eigenvalue weighted by molar-refractivity contribution is 6.04. The molecule has 3 N–H and O–H groups in total. The summed E-state index contributed by atoms with van der Waals surface area (Å²) in [5.74, 6) is -0.0976. The minimum absolute atomic E-state index is 0.0976. The number of carbonyl (C=O) groups excluding carboxylic acids is 1. The van der Waals surface area contributed by atoms with Crippen molar-refractivity contribution >= 4 is 11.6 Å². The Morgan fingerprint density at radius 3 is 2.62 bits per heavy atom. The normalized spacial score (nSPS) is 13.0. The Balaban J connectivity index is 1.71. The molecule has 1 aliphatic rings. The summed E-state index contributed by atoms with van der Waals surface area (Å²) in [5, 5.41) is 15.1. The van der Waals surface area contributed by atoms with Crippen LogP contribution in [0.25, 0.3) is 0 Å². The van der Waals surface area contributed by atoms with Crippen LogP contribution in [-0.4, -0.2) is 17.6 Å². The summed E-state index contributed by atoms with van der Waals surface area (Å²) >= 11 is 0. The van der Waals surface area contributed by atoms with Crippen LogP contribution in [0.5, 0.6) is 0 Å². The number of hydrogen-bond donors (Lipinski definition) is 3. The van der Waals surface area contributed by atoms with Gasteiger partial charge in [-0.15, -0.1) is 0 Å². The van der Waals surface area contributed by atoms with Gasteiger partial charge >= 0.3 is 0 Å². The third-order valence-electron chi connectivity index (χ3n) is 3.71. The summed E-state index contributed by atoms with van der Waals surface area (Å²) in [7, 11) is 0. The molecule has 0 saturated heterocycles. The van der Waals surface area contributed by atoms with Crippen molar-refractivity contribution in [1.82, 2.24) is 5.32 Å². The molecule has 0 aromatic heterocycles. The smallest absolute Gasteiger partial charge is 0.255 e. The van der Waals surface area contributed by atoms with Gasteiger partial charge in [-0.2, -0.15) is 0 Å². The van der Waals surface area contributed by atoms with Gasteiger partial charge in [0.2, 0.25) is 0 Å². The first-order valence-corrected chi connectivity index (χ1v) is 7.10. The second kappa shape index (κ2) is 6.08. The number of aliphatic hydroxyl groups excluding tert-OH is 1. The topological polar surface area (TPSA) is 61.4 Å². The fraction of sp³-hybridized carbons (Fsp3) is 0.235. The largest absolute Gasteiger partial charge is 0.396 e. The Kier molecular flexibility index (Phi) is 3.99. The van der Waals surface area contributed by atoms with E-state index in [-0.39, 0.29) is 12.5 Å². The fourth-order valence-corrected chi connectivity index (χ4v) is 2.52. The van der Waals surface area contributed by atoms with Crippen molar-refractivity contribution in [2.75, 3.05) is 11.9 Å². The minimum Gasteiger partial charge on any atom is -0.396 e. The molecule has 4 nitrogen and oxygen atoms in total. The zero-order valence-electron chi connectivity index (χ0n) is 11.7. The van der Waals surface area contributed by atoms with E-state index >= 15 is 0 Å². The number of aliphatic hydroxyl groups is 1. The summed E-state index contributed by atoms with van der Waals surface area (Å²) in [5.41, 5.74) is 4.96. The Bertz CT molecular complexity index is 650. The standard InChI is InChI=1S/C17H18N2O2/c20-8-7-12-1-5-16(6-2-12)19-17(21)13-3-4-14-10-18-11-15(14)9-13/h1-6,9,18,20H,7-8,10-11H2,(H,19,21). The monoisotopic (exact) mass is 282 g/mol. The van der Waals surface area contributed by atoms with E-state index in [0.29, 0.717) is 12.0 Å². The van der Waals surface area contributed by atoms with Gasteiger partial charge in [-0.25, -0.2) is 0 Å². The molecule has 1 amide bonds. The third-order valence-corrected chi connectivity index (χ3v) is 3.71. The molecule has 0 fully saturated rings. The number of rotatable bonds is 4. The highest BCUT2D eigenvalue weighted by Crippen LogP contribution is 2.18. The molecular formula is C17H18N2O2. The first-order valence-electron chi connectivity index (χ1n) is 7.10. The first kappa shape index (κ1) is 13.8. The predicted molar refractivity (Wildman–Crippen MR) is 82.2 cm³/mol. The number of hydrogen-bond acceptors (Lipinski definition) is 3. The highest BCUT2D eigenvalue weighted by Gasteiger charge is 2.13. The number of nitrogens with one attached hydrogen (secondary N) is 2. The van der Waals surface area contributed by atoms with Crippen LogP contribution in [0, 0.1) is 0 Å². The lowest BCUT2D eigenvalue weighted by Crippen LogP contribution is -2.12. The zero-order chi connectivity index (χ0) is 14.7. The molecule has 0 unspecified atom stereocenters. The van der Waals surface area contributed by atoms with Crippen molar-refractivity contribution in [3.05, 3.63) is 64.7 Å². The van der Waals surface area contributed by atoms with E-state index in [1.165, 1.54) is 11.1 Å². The van der Waals surface area contributed by atoms with Crippen LogP contribution in [-0.2, 0) is 19.5 Å². The summed E-state index contributed by atoms with van der Waals surface area (Å²) < 4.78 is 0. The van der Waals surface area contributed by atoms with Crippen molar-refractivity contribution in [2.45, 2.75) is 19.5 Å². The van der Waals surface area contributed by atoms with Crippen LogP contribution >= 0.6 is 0 Å². The molecule has 0 saturated carbocycles. The molecule has 0 aliphatic carbocycles. The molecule has 2 aromatic rings. The maximum atomic E-state index is 12.3. The van der Waals surface area contributed by atoms with Gasteiger partial charge in [0.25, 0.3) is 5.91 Å². The maximum absolute atomic E-state index is 12.3. The fourth-order valence-electron chi connectivity index (χ4n) is 2.52. The lowest BCUT2D eigenvalue weighted by atomic mass is 10.1. The molecule has 0 spiro atoms. The van der Waals surface area contributed by atoms with Crippen molar-refractivity contribution in [3.63, 3.8) is 0 Å². The van der Waals surface area contributed by atoms with Crippen molar-refractivity contribution in [1.29, 1.82) is 0 Å². The van der Waals surface area contributed by atoms with Crippen LogP contribution in [0.4, 0.5) is 5.69 Å². The molecule has 0 radical (unpaired) electrons. The second-order valence-electron chi connectivity index (χ2n) is 5.21. The lowest BCUT2D eigenvalue weighted by Gasteiger charge is -2.07. The van der Waals surface area contributed by atoms with Crippen molar-refractivity contribution in [2.24, 2.45) is 0 Å². The van der Waals surface area contributed by atoms with Crippen LogP contribution < -0.4 is 10.6 Å². The number of carbonyl (C=O) groups is 1. The van der Waals surface area contributed by atoms with Gasteiger partial charge < -0.3 is 15.7 Å². The van der Waals surface area contributed by atoms with Crippen LogP contribution in [0.3, 0.4) is 0 Å². The molecule has 2 aromatic carbocycles. The highest BCUT2D eigenvalue weighted by atomic mass is 16.2. The van der Waals surface area contributed by atoms with Gasteiger partial charge in [-0.05, 0) is 47.4 Å². The van der Waals surface area contributed by atoms with E-state index in [0.717, 1.165) is 24.3 Å². The van der Waals surface area contributed by atoms with Gasteiger partial charge in [-0.3, -0.25) is 4.79 Å². The van der Waals surface area contributed by atoms with E-state index in [1.54, 1.807) is 0 Å². The Morgan fingerprint density at radius 1 is 1.10 bits per heavy atom. The summed E-state index contributed by atoms with van der Waals surface area (Å²) in [4.78, 5) is 12.3. The molecule has 4 heteroatoms. The first-order chi connectivity index (χ1) is 10.3. The third kappa shape index (κ3) is 3.12. The van der Waals surface area contributed by atoms with Crippen LogP contribution in [0.1, 0.15) is 27.0 Å². The number of fused-ring (bicyclic) bond motifs is 1. The van der Waals surface area contributed by atoms with Crippen LogP contribution in [0.15, 0.2) is 42.5 Å². The zero-order valence-corrected chi connectivity index (χ0v) is 11.7. The lowest BCUT2D eigenvalue weighted by molar-refractivity contribution is 0.102. The molecule has 108 valence electrons. The van der Waals surface area contributed by atoms with E-state index in [2.05, 4.69) is 10.6 Å². The average Bonchev–Trinajstić information content (AvgIpc) is 2.97. The SMILES string of the molecule is O=C(Nc1ccc(CCO)cc1)c1ccc2c(c1)CNC2. The summed E-state index contributed by atoms with van der Waals surface area (Å²) in [6, 6.07) is 13.4. The molecular weight excluding hydrogens is 264 g/mol. The van der Waals surface area contributed by atoms with E-state index in [1.807, 2.05) is 42.5 Å². The van der Waals surface area contributed by atoms with Gasteiger partial charge in [0, 0.05) is 30.9 Å².